The van der Waals surface area contributed by atoms with Crippen molar-refractivity contribution in [3.05, 3.63) is 46.6 Å². The molecule has 1 heterocycles. The van der Waals surface area contributed by atoms with E-state index in [4.69, 9.17) is 0 Å². The Morgan fingerprint density at radius 1 is 1.29 bits per heavy atom. The Hall–Kier alpha value is -2.18. The highest BCUT2D eigenvalue weighted by Gasteiger charge is 2.32. The molecule has 0 spiro atoms. The molecule has 0 aliphatic carbocycles. The monoisotopic (exact) mass is 300 g/mol. The fourth-order valence-corrected chi connectivity index (χ4v) is 2.03. The van der Waals surface area contributed by atoms with Crippen LogP contribution >= 0.6 is 0 Å². The Labute approximate surface area is 119 Å². The molecule has 2 rings (SSSR count). The van der Waals surface area contributed by atoms with Crippen molar-refractivity contribution in [3.63, 3.8) is 0 Å². The minimum absolute atomic E-state index is 0.0473. The van der Waals surface area contributed by atoms with E-state index in [9.17, 15) is 18.0 Å². The highest BCUT2D eigenvalue weighted by atomic mass is 19.4. The van der Waals surface area contributed by atoms with Crippen molar-refractivity contribution < 1.29 is 17.9 Å². The van der Waals surface area contributed by atoms with Crippen LogP contribution in [-0.2, 0) is 6.42 Å². The van der Waals surface area contributed by atoms with Crippen molar-refractivity contribution >= 4 is 0 Å². The molecule has 0 saturated heterocycles. The van der Waals surface area contributed by atoms with Crippen molar-refractivity contribution in [2.45, 2.75) is 26.6 Å². The molecule has 0 atom stereocenters. The van der Waals surface area contributed by atoms with Crippen molar-refractivity contribution in [1.29, 1.82) is 0 Å². The first-order valence-electron chi connectivity index (χ1n) is 6.42. The molecule has 4 nitrogen and oxygen atoms in total. The molecule has 0 amide bonds. The molecular weight excluding hydrogens is 285 g/mol. The predicted octanol–water partition coefficient (Wildman–Crippen LogP) is 3.26. The minimum Gasteiger partial charge on any atom is -0.404 e. The van der Waals surface area contributed by atoms with Gasteiger partial charge >= 0.3 is 12.1 Å². The maximum Gasteiger partial charge on any atom is 0.573 e. The number of halogens is 3. The van der Waals surface area contributed by atoms with Crippen LogP contribution in [0.2, 0.25) is 0 Å². The summed E-state index contributed by atoms with van der Waals surface area (Å²) in [5, 5.41) is 0. The number of ether oxygens (including phenoxy) is 1. The van der Waals surface area contributed by atoms with E-state index < -0.39 is 17.8 Å². The lowest BCUT2D eigenvalue weighted by molar-refractivity contribution is -0.274. The number of aromatic amines is 1. The van der Waals surface area contributed by atoms with E-state index in [2.05, 4.69) is 9.72 Å². The zero-order chi connectivity index (χ0) is 15.6. The van der Waals surface area contributed by atoms with Gasteiger partial charge in [0.2, 0.25) is 0 Å². The van der Waals surface area contributed by atoms with Crippen LogP contribution in [0.5, 0.6) is 5.75 Å². The number of hydrogen-bond acceptors (Lipinski definition) is 2. The number of alkyl halides is 3. The van der Waals surface area contributed by atoms with Gasteiger partial charge in [0, 0.05) is 11.9 Å². The van der Waals surface area contributed by atoms with Gasteiger partial charge in [-0.1, -0.05) is 26.0 Å². The summed E-state index contributed by atoms with van der Waals surface area (Å²) < 4.78 is 42.3. The molecule has 0 unspecified atom stereocenters. The van der Waals surface area contributed by atoms with Gasteiger partial charge in [0.05, 0.1) is 5.69 Å². The van der Waals surface area contributed by atoms with Crippen LogP contribution in [0.15, 0.2) is 35.3 Å². The Bertz CT molecular complexity index is 671. The molecule has 21 heavy (non-hydrogen) atoms. The van der Waals surface area contributed by atoms with Crippen molar-refractivity contribution in [2.75, 3.05) is 0 Å². The summed E-state index contributed by atoms with van der Waals surface area (Å²) in [6.45, 7) is 3.97. The normalized spacial score (nSPS) is 11.9. The first-order valence-corrected chi connectivity index (χ1v) is 6.42. The van der Waals surface area contributed by atoms with Gasteiger partial charge in [-0.05, 0) is 24.5 Å². The zero-order valence-corrected chi connectivity index (χ0v) is 11.6. The first-order chi connectivity index (χ1) is 9.76. The molecule has 7 heteroatoms. The molecule has 0 fully saturated rings. The van der Waals surface area contributed by atoms with Gasteiger partial charge in [0.25, 0.3) is 0 Å². The van der Waals surface area contributed by atoms with Crippen LogP contribution in [0.25, 0.3) is 5.69 Å². The third-order valence-corrected chi connectivity index (χ3v) is 2.75. The van der Waals surface area contributed by atoms with Crippen LogP contribution in [0, 0.1) is 5.92 Å². The van der Waals surface area contributed by atoms with E-state index in [1.807, 2.05) is 13.8 Å². The van der Waals surface area contributed by atoms with Crippen molar-refractivity contribution in [3.8, 4) is 11.4 Å². The molecule has 0 aliphatic heterocycles. The predicted molar refractivity (Wildman–Crippen MR) is 71.6 cm³/mol. The van der Waals surface area contributed by atoms with Gasteiger partial charge in [-0.3, -0.25) is 4.57 Å². The highest BCUT2D eigenvalue weighted by Crippen LogP contribution is 2.28. The van der Waals surface area contributed by atoms with Gasteiger partial charge in [-0.15, -0.1) is 13.2 Å². The molecule has 0 aliphatic rings. The van der Waals surface area contributed by atoms with Crippen LogP contribution in [0.1, 0.15) is 19.5 Å². The van der Waals surface area contributed by atoms with Gasteiger partial charge in [-0.25, -0.2) is 4.79 Å². The second-order valence-electron chi connectivity index (χ2n) is 5.07. The second-order valence-corrected chi connectivity index (χ2v) is 5.07. The summed E-state index contributed by atoms with van der Waals surface area (Å²) in [6.07, 6.45) is -2.68. The number of nitrogens with zero attached hydrogens (tertiary/aromatic N) is 1. The van der Waals surface area contributed by atoms with Crippen LogP contribution < -0.4 is 10.4 Å². The van der Waals surface area contributed by atoms with Crippen LogP contribution in [-0.4, -0.2) is 15.9 Å². The largest absolute Gasteiger partial charge is 0.573 e. The van der Waals surface area contributed by atoms with E-state index in [-0.39, 0.29) is 5.69 Å². The van der Waals surface area contributed by atoms with E-state index in [0.29, 0.717) is 18.0 Å². The lowest BCUT2D eigenvalue weighted by Crippen LogP contribution is -2.20. The Kier molecular flexibility index (Phi) is 4.11. The maximum atomic E-state index is 12.4. The Morgan fingerprint density at radius 3 is 2.57 bits per heavy atom. The summed E-state index contributed by atoms with van der Waals surface area (Å²) in [7, 11) is 0. The summed E-state index contributed by atoms with van der Waals surface area (Å²) in [5.74, 6) is -0.0969. The standard InChI is InChI=1S/C14H15F3N2O2/c1-9(2)7-10-8-19(13(20)18-10)11-5-3-4-6-12(11)21-14(15,16)17/h3-6,8-9H,7H2,1-2H3,(H,18,20). The quantitative estimate of drug-likeness (QED) is 0.942. The third-order valence-electron chi connectivity index (χ3n) is 2.75. The molecule has 0 radical (unpaired) electrons. The van der Waals surface area contributed by atoms with Crippen molar-refractivity contribution in [1.82, 2.24) is 9.55 Å². The number of hydrogen-bond donors (Lipinski definition) is 1. The van der Waals surface area contributed by atoms with E-state index in [1.165, 1.54) is 24.4 Å². The SMILES string of the molecule is CC(C)Cc1cn(-c2ccccc2OC(F)(F)F)c(=O)[nH]1. The van der Waals surface area contributed by atoms with E-state index in [1.54, 1.807) is 6.07 Å². The number of imidazole rings is 1. The number of H-pyrrole nitrogens is 1. The molecular formula is C14H15F3N2O2. The number of rotatable bonds is 4. The smallest absolute Gasteiger partial charge is 0.404 e. The molecule has 0 saturated carbocycles. The lowest BCUT2D eigenvalue weighted by atomic mass is 10.1. The second kappa shape index (κ2) is 5.67. The maximum absolute atomic E-state index is 12.4. The van der Waals surface area contributed by atoms with Crippen molar-refractivity contribution in [2.24, 2.45) is 5.92 Å². The molecule has 114 valence electrons. The average Bonchev–Trinajstić information content (AvgIpc) is 2.67. The van der Waals surface area contributed by atoms with Crippen LogP contribution in [0.4, 0.5) is 13.2 Å². The first kappa shape index (κ1) is 15.2. The van der Waals surface area contributed by atoms with E-state index >= 15 is 0 Å². The van der Waals surface area contributed by atoms with Gasteiger partial charge in [-0.2, -0.15) is 0 Å². The third kappa shape index (κ3) is 3.90. The Balaban J connectivity index is 2.43. The number of benzene rings is 1. The highest BCUT2D eigenvalue weighted by molar-refractivity contribution is 5.46. The topological polar surface area (TPSA) is 47.0 Å². The molecule has 1 N–H and O–H groups in total. The summed E-state index contributed by atoms with van der Waals surface area (Å²) in [4.78, 5) is 14.5. The number of para-hydroxylation sites is 2. The summed E-state index contributed by atoms with van der Waals surface area (Å²) in [6, 6.07) is 5.53. The van der Waals surface area contributed by atoms with Gasteiger partial charge in [0.15, 0.2) is 5.75 Å². The van der Waals surface area contributed by atoms with Gasteiger partial charge in [0.1, 0.15) is 0 Å². The average molecular weight is 300 g/mol. The molecule has 1 aromatic carbocycles. The summed E-state index contributed by atoms with van der Waals surface area (Å²) >= 11 is 0. The van der Waals surface area contributed by atoms with Crippen LogP contribution in [0.3, 0.4) is 0 Å². The lowest BCUT2D eigenvalue weighted by Gasteiger charge is -2.12. The molecule has 2 aromatic rings. The van der Waals surface area contributed by atoms with E-state index in [0.717, 1.165) is 4.57 Å². The minimum atomic E-state index is -4.81. The fraction of sp³-hybridized carbons (Fsp3) is 0.357. The Morgan fingerprint density at radius 2 is 1.95 bits per heavy atom. The van der Waals surface area contributed by atoms with Gasteiger partial charge < -0.3 is 9.72 Å². The number of nitrogens with one attached hydrogen (secondary N) is 1. The summed E-state index contributed by atoms with van der Waals surface area (Å²) in [5.41, 5.74) is 0.215. The zero-order valence-electron chi connectivity index (χ0n) is 11.6. The fourth-order valence-electron chi connectivity index (χ4n) is 2.03. The molecule has 1 aromatic heterocycles. The number of aromatic nitrogens is 2. The molecule has 0 bridgehead atoms.